The number of hydrogen-bond donors (Lipinski definition) is 0. The minimum atomic E-state index is -4.68. The normalized spacial score (nSPS) is 19.0. The summed E-state index contributed by atoms with van der Waals surface area (Å²) < 4.78 is 58.0. The van der Waals surface area contributed by atoms with E-state index in [0.29, 0.717) is 0 Å². The van der Waals surface area contributed by atoms with Crippen molar-refractivity contribution in [3.8, 4) is 11.8 Å². The molecule has 0 unspecified atom stereocenters. The number of ether oxygens (including phenoxy) is 1. The van der Waals surface area contributed by atoms with E-state index in [4.69, 9.17) is 14.0 Å². The highest BCUT2D eigenvalue weighted by molar-refractivity contribution is 6.62. The van der Waals surface area contributed by atoms with E-state index >= 15 is 0 Å². The van der Waals surface area contributed by atoms with E-state index in [0.717, 1.165) is 4.68 Å². The number of halogens is 3. The first-order valence-electron chi connectivity index (χ1n) is 7.84. The lowest BCUT2D eigenvalue weighted by molar-refractivity contribution is -0.140. The van der Waals surface area contributed by atoms with Crippen LogP contribution in [0.1, 0.15) is 33.4 Å². The van der Waals surface area contributed by atoms with Gasteiger partial charge in [-0.1, -0.05) is 0 Å². The summed E-state index contributed by atoms with van der Waals surface area (Å²) in [6, 6.07) is 1.44. The predicted octanol–water partition coefficient (Wildman–Crippen LogP) is 1.99. The minimum Gasteiger partial charge on any atom is -0.467 e. The standard InChI is InChI=1S/C15H18BF3N4O3/c1-13(2)14(3,4)26-16(25-13)9-8-23(22-11(9)15(17,18)19)10-6-7-20-12(21-10)24-5/h6-8H,1-5H3. The predicted molar refractivity (Wildman–Crippen MR) is 86.4 cm³/mol. The fourth-order valence-corrected chi connectivity index (χ4v) is 2.43. The van der Waals surface area contributed by atoms with Crippen LogP contribution in [0.5, 0.6) is 6.01 Å². The van der Waals surface area contributed by atoms with Gasteiger partial charge in [-0.15, -0.1) is 0 Å². The van der Waals surface area contributed by atoms with E-state index < -0.39 is 30.2 Å². The molecule has 1 aliphatic heterocycles. The zero-order chi connectivity index (χ0) is 19.3. The van der Waals surface area contributed by atoms with Gasteiger partial charge in [0.05, 0.1) is 18.3 Å². The Morgan fingerprint density at radius 3 is 2.31 bits per heavy atom. The van der Waals surface area contributed by atoms with Crippen LogP contribution >= 0.6 is 0 Å². The summed E-state index contributed by atoms with van der Waals surface area (Å²) in [5.41, 5.74) is -2.86. The Morgan fingerprint density at radius 1 is 1.15 bits per heavy atom. The molecular weight excluding hydrogens is 352 g/mol. The lowest BCUT2D eigenvalue weighted by atomic mass is 9.79. The Morgan fingerprint density at radius 2 is 1.77 bits per heavy atom. The fraction of sp³-hybridized carbons (Fsp3) is 0.533. The summed E-state index contributed by atoms with van der Waals surface area (Å²) in [5, 5.41) is 3.65. The van der Waals surface area contributed by atoms with E-state index in [1.165, 1.54) is 25.6 Å². The van der Waals surface area contributed by atoms with E-state index in [9.17, 15) is 13.2 Å². The van der Waals surface area contributed by atoms with E-state index in [2.05, 4.69) is 15.1 Å². The zero-order valence-electron chi connectivity index (χ0n) is 15.0. The van der Waals surface area contributed by atoms with Gasteiger partial charge in [-0.25, -0.2) is 9.67 Å². The molecule has 11 heteroatoms. The molecule has 0 N–H and O–H groups in total. The molecule has 26 heavy (non-hydrogen) atoms. The number of methoxy groups -OCH3 is 1. The Hall–Kier alpha value is -2.14. The SMILES string of the molecule is COc1nccc(-n2cc(B3OC(C)(C)C(C)(C)O3)c(C(F)(F)F)n2)n1. The number of rotatable bonds is 3. The lowest BCUT2D eigenvalue weighted by Crippen LogP contribution is -2.41. The van der Waals surface area contributed by atoms with Gasteiger partial charge in [0.15, 0.2) is 11.5 Å². The number of nitrogens with zero attached hydrogens (tertiary/aromatic N) is 4. The summed E-state index contributed by atoms with van der Waals surface area (Å²) in [4.78, 5) is 7.83. The molecule has 1 fully saturated rings. The third kappa shape index (κ3) is 3.16. The highest BCUT2D eigenvalue weighted by Crippen LogP contribution is 2.38. The topological polar surface area (TPSA) is 71.3 Å². The molecule has 0 aliphatic carbocycles. The smallest absolute Gasteiger partial charge is 0.467 e. The van der Waals surface area contributed by atoms with E-state index in [1.54, 1.807) is 27.7 Å². The second-order valence-corrected chi connectivity index (χ2v) is 6.87. The van der Waals surface area contributed by atoms with Crippen molar-refractivity contribution in [3.63, 3.8) is 0 Å². The number of hydrogen-bond acceptors (Lipinski definition) is 6. The monoisotopic (exact) mass is 370 g/mol. The summed E-state index contributed by atoms with van der Waals surface area (Å²) in [5.74, 6) is 0.130. The molecule has 3 rings (SSSR count). The van der Waals surface area contributed by atoms with Gasteiger partial charge >= 0.3 is 19.3 Å². The second-order valence-electron chi connectivity index (χ2n) is 6.87. The van der Waals surface area contributed by atoms with Crippen molar-refractivity contribution in [3.05, 3.63) is 24.2 Å². The Bertz CT molecular complexity index is 807. The molecule has 0 saturated carbocycles. The van der Waals surface area contributed by atoms with Gasteiger partial charge in [0, 0.05) is 23.9 Å². The third-order valence-electron chi connectivity index (χ3n) is 4.55. The van der Waals surface area contributed by atoms with Crippen molar-refractivity contribution in [2.45, 2.75) is 45.1 Å². The van der Waals surface area contributed by atoms with Crippen LogP contribution in [0.3, 0.4) is 0 Å². The molecule has 1 saturated heterocycles. The maximum Gasteiger partial charge on any atom is 0.498 e. The lowest BCUT2D eigenvalue weighted by Gasteiger charge is -2.32. The Kier molecular flexibility index (Phi) is 4.27. The zero-order valence-corrected chi connectivity index (χ0v) is 15.0. The Balaban J connectivity index is 2.07. The van der Waals surface area contributed by atoms with Crippen LogP contribution in [0.4, 0.5) is 13.2 Å². The molecule has 3 heterocycles. The van der Waals surface area contributed by atoms with Gasteiger partial charge in [0.1, 0.15) is 0 Å². The van der Waals surface area contributed by atoms with Crippen molar-refractivity contribution in [2.24, 2.45) is 0 Å². The molecule has 140 valence electrons. The minimum absolute atomic E-state index is 0.0174. The van der Waals surface area contributed by atoms with Crippen molar-refractivity contribution in [1.29, 1.82) is 0 Å². The molecule has 2 aromatic rings. The van der Waals surface area contributed by atoms with Gasteiger partial charge in [0.2, 0.25) is 0 Å². The fourth-order valence-electron chi connectivity index (χ4n) is 2.43. The molecule has 0 aromatic carbocycles. The van der Waals surface area contributed by atoms with Crippen molar-refractivity contribution < 1.29 is 27.2 Å². The summed E-state index contributed by atoms with van der Waals surface area (Å²) in [6.45, 7) is 7.06. The largest absolute Gasteiger partial charge is 0.498 e. The number of aromatic nitrogens is 4. The maximum atomic E-state index is 13.5. The Labute approximate surface area is 148 Å². The summed E-state index contributed by atoms with van der Waals surface area (Å²) in [7, 11) is 0.160. The number of alkyl halides is 3. The molecule has 2 aromatic heterocycles. The van der Waals surface area contributed by atoms with Crippen molar-refractivity contribution >= 4 is 12.6 Å². The van der Waals surface area contributed by atoms with Gasteiger partial charge < -0.3 is 14.0 Å². The van der Waals surface area contributed by atoms with Gasteiger partial charge in [-0.2, -0.15) is 23.3 Å². The van der Waals surface area contributed by atoms with Gasteiger partial charge in [0.25, 0.3) is 0 Å². The van der Waals surface area contributed by atoms with Crippen LogP contribution < -0.4 is 10.2 Å². The first-order valence-corrected chi connectivity index (χ1v) is 7.84. The molecule has 0 spiro atoms. The molecule has 0 atom stereocenters. The highest BCUT2D eigenvalue weighted by atomic mass is 19.4. The van der Waals surface area contributed by atoms with Crippen LogP contribution in [0, 0.1) is 0 Å². The van der Waals surface area contributed by atoms with Crippen LogP contribution in [0.25, 0.3) is 5.82 Å². The average Bonchev–Trinajstić information content (AvgIpc) is 3.07. The quantitative estimate of drug-likeness (QED) is 0.770. The van der Waals surface area contributed by atoms with E-state index in [-0.39, 0.29) is 17.3 Å². The summed E-state index contributed by atoms with van der Waals surface area (Å²) in [6.07, 6.45) is -2.11. The first kappa shape index (κ1) is 18.6. The highest BCUT2D eigenvalue weighted by Gasteiger charge is 2.54. The van der Waals surface area contributed by atoms with Crippen LogP contribution in [0.15, 0.2) is 18.5 Å². The molecular formula is C15H18BF3N4O3. The first-order chi connectivity index (χ1) is 11.9. The molecule has 0 bridgehead atoms. The van der Waals surface area contributed by atoms with Gasteiger partial charge in [-0.3, -0.25) is 0 Å². The molecule has 7 nitrogen and oxygen atoms in total. The maximum absolute atomic E-state index is 13.5. The van der Waals surface area contributed by atoms with Crippen LogP contribution in [-0.4, -0.2) is 45.2 Å². The van der Waals surface area contributed by atoms with Gasteiger partial charge in [-0.05, 0) is 27.7 Å². The van der Waals surface area contributed by atoms with Crippen molar-refractivity contribution in [2.75, 3.05) is 7.11 Å². The molecule has 0 amide bonds. The average molecular weight is 370 g/mol. The summed E-state index contributed by atoms with van der Waals surface area (Å²) >= 11 is 0. The molecule has 0 radical (unpaired) electrons. The second kappa shape index (κ2) is 5.95. The molecule has 1 aliphatic rings. The van der Waals surface area contributed by atoms with Crippen LogP contribution in [-0.2, 0) is 15.5 Å². The van der Waals surface area contributed by atoms with Crippen LogP contribution in [0.2, 0.25) is 0 Å². The van der Waals surface area contributed by atoms with E-state index in [1.807, 2.05) is 0 Å². The third-order valence-corrected chi connectivity index (χ3v) is 4.55. The van der Waals surface area contributed by atoms with Crippen molar-refractivity contribution in [1.82, 2.24) is 19.7 Å².